The molecule has 1 aliphatic heterocycles. The molecule has 7 heteroatoms. The Labute approximate surface area is 136 Å². The van der Waals surface area contributed by atoms with Gasteiger partial charge in [0, 0.05) is 24.0 Å². The molecule has 1 aromatic carbocycles. The Kier molecular flexibility index (Phi) is 5.09. The molecule has 2 atom stereocenters. The van der Waals surface area contributed by atoms with E-state index in [0.29, 0.717) is 5.69 Å². The molecule has 0 unspecified atom stereocenters. The zero-order valence-electron chi connectivity index (χ0n) is 13.6. The van der Waals surface area contributed by atoms with Gasteiger partial charge in [0.15, 0.2) is 9.84 Å². The van der Waals surface area contributed by atoms with E-state index < -0.39 is 21.7 Å². The Morgan fingerprint density at radius 1 is 1.22 bits per heavy atom. The Hall–Kier alpha value is -1.89. The van der Waals surface area contributed by atoms with Gasteiger partial charge in [0.1, 0.15) is 0 Å². The predicted molar refractivity (Wildman–Crippen MR) is 87.8 cm³/mol. The fourth-order valence-electron chi connectivity index (χ4n) is 2.93. The van der Waals surface area contributed by atoms with Crippen LogP contribution in [0, 0.1) is 0 Å². The number of hydrogen-bond donors (Lipinski definition) is 1. The first kappa shape index (κ1) is 17.5. The van der Waals surface area contributed by atoms with Gasteiger partial charge in [0.05, 0.1) is 4.90 Å². The lowest BCUT2D eigenvalue weighted by atomic mass is 10.1. The number of nitrogens with zero attached hydrogens (tertiary/aromatic N) is 1. The number of amides is 2. The molecule has 0 aliphatic carbocycles. The molecule has 0 spiro atoms. The third-order valence-corrected chi connectivity index (χ3v) is 5.35. The van der Waals surface area contributed by atoms with Crippen LogP contribution in [0.25, 0.3) is 0 Å². The number of rotatable bonds is 3. The van der Waals surface area contributed by atoms with Crippen LogP contribution in [0.2, 0.25) is 0 Å². The van der Waals surface area contributed by atoms with Gasteiger partial charge < -0.3 is 10.2 Å². The van der Waals surface area contributed by atoms with Crippen LogP contribution in [-0.4, -0.2) is 43.5 Å². The fraction of sp³-hybridized carbons (Fsp3) is 0.500. The highest BCUT2D eigenvalue weighted by atomic mass is 32.2. The van der Waals surface area contributed by atoms with Crippen LogP contribution in [0.4, 0.5) is 5.69 Å². The number of likely N-dealkylation sites (tertiary alicyclic amines) is 1. The van der Waals surface area contributed by atoms with Crippen molar-refractivity contribution >= 4 is 27.3 Å². The predicted octanol–water partition coefficient (Wildman–Crippen LogP) is 1.82. The van der Waals surface area contributed by atoms with E-state index in [9.17, 15) is 18.0 Å². The third kappa shape index (κ3) is 3.90. The molecule has 2 amide bonds. The monoisotopic (exact) mass is 338 g/mol. The van der Waals surface area contributed by atoms with E-state index in [1.54, 1.807) is 4.90 Å². The van der Waals surface area contributed by atoms with Gasteiger partial charge in [-0.2, -0.15) is 0 Å². The molecule has 1 aromatic rings. The van der Waals surface area contributed by atoms with E-state index in [1.165, 1.54) is 24.3 Å². The van der Waals surface area contributed by atoms with Crippen molar-refractivity contribution in [3.63, 3.8) is 0 Å². The fourth-order valence-corrected chi connectivity index (χ4v) is 3.56. The first-order valence-corrected chi connectivity index (χ1v) is 9.57. The number of anilines is 1. The number of carbonyl (C=O) groups is 2. The van der Waals surface area contributed by atoms with Gasteiger partial charge in [-0.25, -0.2) is 8.42 Å². The van der Waals surface area contributed by atoms with E-state index in [4.69, 9.17) is 0 Å². The normalized spacial score (nSPS) is 21.3. The van der Waals surface area contributed by atoms with E-state index in [2.05, 4.69) is 5.32 Å². The summed E-state index contributed by atoms with van der Waals surface area (Å²) in [6.07, 6.45) is 3.76. The number of hydrogen-bond acceptors (Lipinski definition) is 4. The van der Waals surface area contributed by atoms with E-state index >= 15 is 0 Å². The first-order chi connectivity index (χ1) is 10.7. The van der Waals surface area contributed by atoms with Crippen molar-refractivity contribution in [3.05, 3.63) is 24.3 Å². The SMILES string of the molecule is CC[C@@H]1CC[C@H](C)N1C(=O)C(=O)Nc1ccc(S(C)(=O)=O)cc1. The lowest BCUT2D eigenvalue weighted by Crippen LogP contribution is -2.45. The molecular formula is C16H22N2O4S. The molecule has 0 aromatic heterocycles. The highest BCUT2D eigenvalue weighted by Crippen LogP contribution is 2.26. The Bertz CT molecular complexity index is 697. The molecular weight excluding hydrogens is 316 g/mol. The summed E-state index contributed by atoms with van der Waals surface area (Å²) in [6.45, 7) is 3.95. The van der Waals surface area contributed by atoms with Gasteiger partial charge in [-0.15, -0.1) is 0 Å². The minimum Gasteiger partial charge on any atom is -0.329 e. The lowest BCUT2D eigenvalue weighted by Gasteiger charge is -2.27. The molecule has 0 radical (unpaired) electrons. The van der Waals surface area contributed by atoms with Crippen molar-refractivity contribution in [3.8, 4) is 0 Å². The Balaban J connectivity index is 2.08. The summed E-state index contributed by atoms with van der Waals surface area (Å²) >= 11 is 0. The van der Waals surface area contributed by atoms with Crippen molar-refractivity contribution < 1.29 is 18.0 Å². The summed E-state index contributed by atoms with van der Waals surface area (Å²) in [7, 11) is -3.28. The second kappa shape index (κ2) is 6.70. The van der Waals surface area contributed by atoms with E-state index in [0.717, 1.165) is 25.5 Å². The lowest BCUT2D eigenvalue weighted by molar-refractivity contribution is -0.145. The summed E-state index contributed by atoms with van der Waals surface area (Å²) in [5.74, 6) is -1.22. The van der Waals surface area contributed by atoms with Gasteiger partial charge in [-0.05, 0) is 50.5 Å². The quantitative estimate of drug-likeness (QED) is 0.852. The molecule has 23 heavy (non-hydrogen) atoms. The maximum absolute atomic E-state index is 12.4. The molecule has 1 heterocycles. The highest BCUT2D eigenvalue weighted by Gasteiger charge is 2.36. The average Bonchev–Trinajstić information content (AvgIpc) is 2.87. The maximum atomic E-state index is 12.4. The van der Waals surface area contributed by atoms with Crippen LogP contribution in [-0.2, 0) is 19.4 Å². The molecule has 2 rings (SSSR count). The summed E-state index contributed by atoms with van der Waals surface area (Å²) in [4.78, 5) is 26.4. The average molecular weight is 338 g/mol. The molecule has 126 valence electrons. The zero-order valence-corrected chi connectivity index (χ0v) is 14.4. The number of sulfone groups is 1. The van der Waals surface area contributed by atoms with Crippen LogP contribution < -0.4 is 5.32 Å². The molecule has 1 saturated heterocycles. The van der Waals surface area contributed by atoms with Crippen molar-refractivity contribution in [1.29, 1.82) is 0 Å². The Morgan fingerprint density at radius 3 is 2.35 bits per heavy atom. The van der Waals surface area contributed by atoms with Crippen LogP contribution in [0.15, 0.2) is 29.2 Å². The van der Waals surface area contributed by atoms with Gasteiger partial charge in [0.25, 0.3) is 0 Å². The first-order valence-electron chi connectivity index (χ1n) is 7.67. The van der Waals surface area contributed by atoms with Crippen molar-refractivity contribution in [1.82, 2.24) is 4.90 Å². The number of nitrogens with one attached hydrogen (secondary N) is 1. The van der Waals surface area contributed by atoms with Crippen molar-refractivity contribution in [2.45, 2.75) is 50.1 Å². The highest BCUT2D eigenvalue weighted by molar-refractivity contribution is 7.90. The molecule has 0 bridgehead atoms. The standard InChI is InChI=1S/C16H22N2O4S/c1-4-13-8-5-11(2)18(13)16(20)15(19)17-12-6-9-14(10-7-12)23(3,21)22/h6-7,9-11,13H,4-5,8H2,1-3H3,(H,17,19)/t11-,13+/m0/s1. The van der Waals surface area contributed by atoms with Gasteiger partial charge in [0.2, 0.25) is 0 Å². The second-order valence-electron chi connectivity index (χ2n) is 5.95. The topological polar surface area (TPSA) is 83.6 Å². The second-order valence-corrected chi connectivity index (χ2v) is 7.97. The maximum Gasteiger partial charge on any atom is 0.313 e. The summed E-state index contributed by atoms with van der Waals surface area (Å²) in [5.41, 5.74) is 0.399. The molecule has 1 N–H and O–H groups in total. The number of benzene rings is 1. The summed E-state index contributed by atoms with van der Waals surface area (Å²) in [6, 6.07) is 5.94. The minimum atomic E-state index is -3.28. The van der Waals surface area contributed by atoms with Crippen LogP contribution in [0.1, 0.15) is 33.1 Å². The molecule has 6 nitrogen and oxygen atoms in total. The van der Waals surface area contributed by atoms with Crippen LogP contribution in [0.3, 0.4) is 0 Å². The third-order valence-electron chi connectivity index (χ3n) is 4.23. The molecule has 0 saturated carbocycles. The molecule has 1 aliphatic rings. The van der Waals surface area contributed by atoms with E-state index in [-0.39, 0.29) is 17.0 Å². The van der Waals surface area contributed by atoms with Gasteiger partial charge in [-0.3, -0.25) is 9.59 Å². The van der Waals surface area contributed by atoms with Crippen LogP contribution >= 0.6 is 0 Å². The van der Waals surface area contributed by atoms with Gasteiger partial charge >= 0.3 is 11.8 Å². The number of carbonyl (C=O) groups excluding carboxylic acids is 2. The van der Waals surface area contributed by atoms with Crippen LogP contribution in [0.5, 0.6) is 0 Å². The largest absolute Gasteiger partial charge is 0.329 e. The Morgan fingerprint density at radius 2 is 1.83 bits per heavy atom. The van der Waals surface area contributed by atoms with Crippen molar-refractivity contribution in [2.24, 2.45) is 0 Å². The molecule has 1 fully saturated rings. The summed E-state index contributed by atoms with van der Waals surface area (Å²) in [5, 5.41) is 2.54. The minimum absolute atomic E-state index is 0.0609. The van der Waals surface area contributed by atoms with Crippen molar-refractivity contribution in [2.75, 3.05) is 11.6 Å². The zero-order chi connectivity index (χ0) is 17.2. The summed E-state index contributed by atoms with van der Waals surface area (Å²) < 4.78 is 22.8. The van der Waals surface area contributed by atoms with E-state index in [1.807, 2.05) is 13.8 Å². The smallest absolute Gasteiger partial charge is 0.313 e. The van der Waals surface area contributed by atoms with Gasteiger partial charge in [-0.1, -0.05) is 6.92 Å².